The van der Waals surface area contributed by atoms with Gasteiger partial charge in [0.2, 0.25) is 0 Å². The van der Waals surface area contributed by atoms with E-state index >= 15 is 0 Å². The maximum atomic E-state index is 12.5. The van der Waals surface area contributed by atoms with E-state index in [9.17, 15) is 9.90 Å². The molecule has 128 valence electrons. The minimum atomic E-state index is -0.902. The van der Waals surface area contributed by atoms with Crippen molar-refractivity contribution in [2.24, 2.45) is 5.92 Å². The first kappa shape index (κ1) is 17.7. The summed E-state index contributed by atoms with van der Waals surface area (Å²) in [6, 6.07) is 3.78. The minimum absolute atomic E-state index is 0.0132. The number of amides is 2. The number of hydrogen-bond acceptors (Lipinski definition) is 3. The molecule has 1 atom stereocenters. The summed E-state index contributed by atoms with van der Waals surface area (Å²) in [6.07, 6.45) is 9.58. The predicted molar refractivity (Wildman–Crippen MR) is 91.0 cm³/mol. The lowest BCUT2D eigenvalue weighted by molar-refractivity contribution is 0.0522. The number of pyridine rings is 1. The van der Waals surface area contributed by atoms with Crippen molar-refractivity contribution in [2.45, 2.75) is 57.6 Å². The van der Waals surface area contributed by atoms with Crippen molar-refractivity contribution < 1.29 is 9.90 Å². The van der Waals surface area contributed by atoms with Gasteiger partial charge in [-0.3, -0.25) is 4.98 Å². The van der Waals surface area contributed by atoms with E-state index in [0.29, 0.717) is 12.5 Å². The van der Waals surface area contributed by atoms with E-state index in [4.69, 9.17) is 0 Å². The van der Waals surface area contributed by atoms with Crippen LogP contribution in [0.15, 0.2) is 24.5 Å². The zero-order valence-electron chi connectivity index (χ0n) is 14.5. The number of likely N-dealkylation sites (N-methyl/N-ethyl adjacent to an activating group) is 1. The highest BCUT2D eigenvalue weighted by molar-refractivity contribution is 5.74. The fourth-order valence-corrected chi connectivity index (χ4v) is 3.40. The van der Waals surface area contributed by atoms with Crippen LogP contribution in [0.2, 0.25) is 0 Å². The SMILES string of the molecule is CN(CC(C)(C)O)C(=O)N[C@H](c1cccnc1)C1CCCCC1. The van der Waals surface area contributed by atoms with Gasteiger partial charge in [-0.1, -0.05) is 25.3 Å². The summed E-state index contributed by atoms with van der Waals surface area (Å²) in [7, 11) is 1.72. The molecule has 0 spiro atoms. The molecule has 1 aromatic rings. The van der Waals surface area contributed by atoms with Crippen LogP contribution >= 0.6 is 0 Å². The molecule has 23 heavy (non-hydrogen) atoms. The average Bonchev–Trinajstić information content (AvgIpc) is 2.52. The summed E-state index contributed by atoms with van der Waals surface area (Å²) in [5, 5.41) is 13.1. The third-order valence-electron chi connectivity index (χ3n) is 4.41. The third-order valence-corrected chi connectivity index (χ3v) is 4.41. The van der Waals surface area contributed by atoms with Crippen LogP contribution in [0.5, 0.6) is 0 Å². The number of nitrogens with zero attached hydrogens (tertiary/aromatic N) is 2. The molecule has 1 aliphatic rings. The molecule has 0 saturated heterocycles. The smallest absolute Gasteiger partial charge is 0.317 e. The van der Waals surface area contributed by atoms with Crippen molar-refractivity contribution in [1.29, 1.82) is 0 Å². The lowest BCUT2D eigenvalue weighted by Gasteiger charge is -2.33. The summed E-state index contributed by atoms with van der Waals surface area (Å²) in [6.45, 7) is 3.70. The zero-order valence-corrected chi connectivity index (χ0v) is 14.5. The Morgan fingerprint density at radius 3 is 2.70 bits per heavy atom. The zero-order chi connectivity index (χ0) is 16.9. The second kappa shape index (κ2) is 7.77. The van der Waals surface area contributed by atoms with Crippen LogP contribution in [-0.2, 0) is 0 Å². The maximum absolute atomic E-state index is 12.5. The number of nitrogens with one attached hydrogen (secondary N) is 1. The van der Waals surface area contributed by atoms with E-state index in [1.807, 2.05) is 18.3 Å². The van der Waals surface area contributed by atoms with Crippen molar-refractivity contribution in [3.05, 3.63) is 30.1 Å². The molecule has 0 aromatic carbocycles. The second-order valence-corrected chi connectivity index (χ2v) is 7.28. The van der Waals surface area contributed by atoms with Gasteiger partial charge in [0.25, 0.3) is 0 Å². The van der Waals surface area contributed by atoms with E-state index in [1.54, 1.807) is 32.0 Å². The second-order valence-electron chi connectivity index (χ2n) is 7.28. The van der Waals surface area contributed by atoms with Gasteiger partial charge >= 0.3 is 6.03 Å². The molecule has 2 N–H and O–H groups in total. The van der Waals surface area contributed by atoms with Crippen molar-refractivity contribution in [3.63, 3.8) is 0 Å². The van der Waals surface area contributed by atoms with Gasteiger partial charge in [-0.15, -0.1) is 0 Å². The Hall–Kier alpha value is -1.62. The van der Waals surface area contributed by atoms with Gasteiger partial charge < -0.3 is 15.3 Å². The predicted octanol–water partition coefficient (Wildman–Crippen LogP) is 3.12. The molecular formula is C18H29N3O2. The van der Waals surface area contributed by atoms with Crippen LogP contribution in [0.4, 0.5) is 4.79 Å². The van der Waals surface area contributed by atoms with Crippen LogP contribution in [0.1, 0.15) is 57.6 Å². The van der Waals surface area contributed by atoms with Crippen LogP contribution in [-0.4, -0.2) is 40.2 Å². The summed E-state index contributed by atoms with van der Waals surface area (Å²) in [4.78, 5) is 18.3. The third kappa shape index (κ3) is 5.50. The van der Waals surface area contributed by atoms with Gasteiger partial charge in [-0.2, -0.15) is 0 Å². The quantitative estimate of drug-likeness (QED) is 0.876. The first-order valence-electron chi connectivity index (χ1n) is 8.51. The summed E-state index contributed by atoms with van der Waals surface area (Å²) in [5.41, 5.74) is 0.158. The van der Waals surface area contributed by atoms with Crippen molar-refractivity contribution in [3.8, 4) is 0 Å². The first-order chi connectivity index (χ1) is 10.9. The summed E-state index contributed by atoms with van der Waals surface area (Å²) >= 11 is 0. The van der Waals surface area contributed by atoms with E-state index in [1.165, 1.54) is 19.3 Å². The fraction of sp³-hybridized carbons (Fsp3) is 0.667. The molecule has 0 aliphatic heterocycles. The molecule has 0 unspecified atom stereocenters. The first-order valence-corrected chi connectivity index (χ1v) is 8.51. The Bertz CT molecular complexity index is 493. The van der Waals surface area contributed by atoms with Gasteiger partial charge in [0.05, 0.1) is 18.2 Å². The molecule has 1 aliphatic carbocycles. The molecule has 5 heteroatoms. The highest BCUT2D eigenvalue weighted by Crippen LogP contribution is 2.34. The molecule has 1 fully saturated rings. The lowest BCUT2D eigenvalue weighted by atomic mass is 9.81. The van der Waals surface area contributed by atoms with E-state index in [2.05, 4.69) is 10.3 Å². The molecule has 2 amide bonds. The molecule has 1 saturated carbocycles. The topological polar surface area (TPSA) is 65.5 Å². The van der Waals surface area contributed by atoms with Crippen molar-refractivity contribution in [1.82, 2.24) is 15.2 Å². The monoisotopic (exact) mass is 319 g/mol. The van der Waals surface area contributed by atoms with Gasteiger partial charge in [0, 0.05) is 19.4 Å². The number of urea groups is 1. The number of carbonyl (C=O) groups is 1. The van der Waals surface area contributed by atoms with Gasteiger partial charge in [0.1, 0.15) is 0 Å². The van der Waals surface area contributed by atoms with Crippen LogP contribution in [0.25, 0.3) is 0 Å². The lowest BCUT2D eigenvalue weighted by Crippen LogP contribution is -2.47. The summed E-state index contributed by atoms with van der Waals surface area (Å²) in [5.74, 6) is 0.451. The molecule has 1 aromatic heterocycles. The molecule has 1 heterocycles. The molecule has 0 bridgehead atoms. The van der Waals surface area contributed by atoms with Crippen LogP contribution in [0.3, 0.4) is 0 Å². The average molecular weight is 319 g/mol. The fourth-order valence-electron chi connectivity index (χ4n) is 3.40. The molecule has 2 rings (SSSR count). The Morgan fingerprint density at radius 2 is 2.13 bits per heavy atom. The number of hydrogen-bond donors (Lipinski definition) is 2. The van der Waals surface area contributed by atoms with E-state index in [0.717, 1.165) is 18.4 Å². The minimum Gasteiger partial charge on any atom is -0.389 e. The molecule has 5 nitrogen and oxygen atoms in total. The maximum Gasteiger partial charge on any atom is 0.317 e. The molecule has 0 radical (unpaired) electrons. The molecular weight excluding hydrogens is 290 g/mol. The van der Waals surface area contributed by atoms with Crippen LogP contribution in [0, 0.1) is 5.92 Å². The Morgan fingerprint density at radius 1 is 1.43 bits per heavy atom. The summed E-state index contributed by atoms with van der Waals surface area (Å²) < 4.78 is 0. The largest absolute Gasteiger partial charge is 0.389 e. The number of aromatic nitrogens is 1. The number of rotatable bonds is 5. The van der Waals surface area contributed by atoms with Gasteiger partial charge in [-0.25, -0.2) is 4.79 Å². The van der Waals surface area contributed by atoms with Crippen molar-refractivity contribution in [2.75, 3.05) is 13.6 Å². The van der Waals surface area contributed by atoms with Crippen LogP contribution < -0.4 is 5.32 Å². The number of carbonyl (C=O) groups excluding carboxylic acids is 1. The normalized spacial score (nSPS) is 17.6. The Balaban J connectivity index is 2.09. The van der Waals surface area contributed by atoms with E-state index in [-0.39, 0.29) is 12.1 Å². The van der Waals surface area contributed by atoms with Crippen molar-refractivity contribution >= 4 is 6.03 Å². The standard InChI is InChI=1S/C18H29N3O2/c1-18(2,23)13-21(3)17(22)20-16(14-8-5-4-6-9-14)15-10-7-11-19-12-15/h7,10-12,14,16,23H,4-6,8-9,13H2,1-3H3,(H,20,22)/t16-/m0/s1. The highest BCUT2D eigenvalue weighted by Gasteiger charge is 2.28. The van der Waals surface area contributed by atoms with Gasteiger partial charge in [0.15, 0.2) is 0 Å². The number of aliphatic hydroxyl groups is 1. The van der Waals surface area contributed by atoms with Gasteiger partial charge in [-0.05, 0) is 44.2 Å². The highest BCUT2D eigenvalue weighted by atomic mass is 16.3. The Kier molecular flexibility index (Phi) is 5.99. The Labute approximate surface area is 139 Å². The van der Waals surface area contributed by atoms with E-state index < -0.39 is 5.60 Å².